The first-order valence-electron chi connectivity index (χ1n) is 5.49. The highest BCUT2D eigenvalue weighted by Crippen LogP contribution is 2.40. The van der Waals surface area contributed by atoms with Crippen molar-refractivity contribution in [3.8, 4) is 0 Å². The van der Waals surface area contributed by atoms with Crippen molar-refractivity contribution in [3.05, 3.63) is 0 Å². The molecule has 1 fully saturated rings. The smallest absolute Gasteiger partial charge is 0.307 e. The van der Waals surface area contributed by atoms with Gasteiger partial charge in [-0.25, -0.2) is 0 Å². The monoisotopic (exact) mass is 199 g/mol. The van der Waals surface area contributed by atoms with Gasteiger partial charge in [0.2, 0.25) is 0 Å². The summed E-state index contributed by atoms with van der Waals surface area (Å²) in [6.45, 7) is 4.45. The molecule has 1 atom stereocenters. The fourth-order valence-corrected chi connectivity index (χ4v) is 2.20. The van der Waals surface area contributed by atoms with E-state index in [2.05, 4.69) is 6.92 Å². The lowest BCUT2D eigenvalue weighted by molar-refractivity contribution is -0.144. The molecule has 1 aliphatic carbocycles. The maximum atomic E-state index is 11.3. The van der Waals surface area contributed by atoms with Gasteiger partial charge in [0.1, 0.15) is 0 Å². The first-order valence-corrected chi connectivity index (χ1v) is 5.49. The number of rotatable bonds is 4. The van der Waals surface area contributed by atoms with E-state index >= 15 is 0 Å². The van der Waals surface area contributed by atoms with E-state index in [4.69, 9.17) is 10.5 Å². The second kappa shape index (κ2) is 4.78. The maximum absolute atomic E-state index is 11.3. The molecule has 82 valence electrons. The van der Waals surface area contributed by atoms with Crippen molar-refractivity contribution in [2.24, 2.45) is 11.1 Å². The first kappa shape index (κ1) is 11.5. The van der Waals surface area contributed by atoms with Crippen LogP contribution in [0, 0.1) is 5.41 Å². The first-order chi connectivity index (χ1) is 6.58. The van der Waals surface area contributed by atoms with Crippen LogP contribution in [-0.4, -0.2) is 18.6 Å². The highest BCUT2D eigenvalue weighted by molar-refractivity contribution is 5.70. The van der Waals surface area contributed by atoms with E-state index in [-0.39, 0.29) is 17.4 Å². The fourth-order valence-electron chi connectivity index (χ4n) is 2.20. The minimum Gasteiger partial charge on any atom is -0.466 e. The van der Waals surface area contributed by atoms with E-state index in [1.807, 2.05) is 6.92 Å². The Balaban J connectivity index is 2.40. The molecule has 14 heavy (non-hydrogen) atoms. The average Bonchev–Trinajstić information content (AvgIpc) is 2.54. The van der Waals surface area contributed by atoms with Crippen molar-refractivity contribution in [1.82, 2.24) is 0 Å². The summed E-state index contributed by atoms with van der Waals surface area (Å²) in [6, 6.07) is -0.0379. The van der Waals surface area contributed by atoms with Crippen LogP contribution in [0.2, 0.25) is 0 Å². The van der Waals surface area contributed by atoms with E-state index in [9.17, 15) is 4.79 Å². The van der Waals surface area contributed by atoms with Crippen LogP contribution in [0.3, 0.4) is 0 Å². The number of carbonyl (C=O) groups is 1. The number of hydrogen-bond donors (Lipinski definition) is 1. The third-order valence-corrected chi connectivity index (χ3v) is 3.33. The zero-order chi connectivity index (χ0) is 10.6. The molecule has 3 nitrogen and oxygen atoms in total. The van der Waals surface area contributed by atoms with Crippen molar-refractivity contribution in [3.63, 3.8) is 0 Å². The molecule has 0 aromatic rings. The molecule has 0 spiro atoms. The number of hydrogen-bond acceptors (Lipinski definition) is 3. The number of esters is 1. The van der Waals surface area contributed by atoms with Crippen LogP contribution in [0.5, 0.6) is 0 Å². The van der Waals surface area contributed by atoms with Crippen LogP contribution >= 0.6 is 0 Å². The summed E-state index contributed by atoms with van der Waals surface area (Å²) >= 11 is 0. The van der Waals surface area contributed by atoms with Gasteiger partial charge in [0, 0.05) is 6.04 Å². The second-order valence-corrected chi connectivity index (χ2v) is 4.48. The quantitative estimate of drug-likeness (QED) is 0.703. The number of ether oxygens (including phenoxy) is 1. The van der Waals surface area contributed by atoms with Crippen LogP contribution in [0.25, 0.3) is 0 Å². The molecule has 1 aliphatic rings. The van der Waals surface area contributed by atoms with Gasteiger partial charge in [-0.3, -0.25) is 4.79 Å². The van der Waals surface area contributed by atoms with Crippen LogP contribution in [0.4, 0.5) is 0 Å². The van der Waals surface area contributed by atoms with Crippen LogP contribution in [0.1, 0.15) is 46.0 Å². The van der Waals surface area contributed by atoms with Crippen molar-refractivity contribution < 1.29 is 9.53 Å². The largest absolute Gasteiger partial charge is 0.466 e. The summed E-state index contributed by atoms with van der Waals surface area (Å²) < 4.78 is 4.90. The van der Waals surface area contributed by atoms with Gasteiger partial charge in [0.05, 0.1) is 13.0 Å². The molecule has 0 heterocycles. The molecule has 1 unspecified atom stereocenters. The van der Waals surface area contributed by atoms with Gasteiger partial charge < -0.3 is 10.5 Å². The van der Waals surface area contributed by atoms with Gasteiger partial charge in [-0.2, -0.15) is 0 Å². The minimum atomic E-state index is -0.159. The van der Waals surface area contributed by atoms with E-state index in [0.29, 0.717) is 13.0 Å². The number of nitrogens with two attached hydrogens (primary N) is 1. The zero-order valence-corrected chi connectivity index (χ0v) is 9.21. The summed E-state index contributed by atoms with van der Waals surface area (Å²) in [5.74, 6) is -0.159. The Morgan fingerprint density at radius 2 is 2.07 bits per heavy atom. The summed E-state index contributed by atoms with van der Waals surface area (Å²) in [4.78, 5) is 11.3. The van der Waals surface area contributed by atoms with Crippen LogP contribution in [-0.2, 0) is 9.53 Å². The standard InChI is InChI=1S/C11H21NO2/c1-3-14-10(13)8-9(12)11(2)6-4-5-7-11/h9H,3-8,12H2,1-2H3. The average molecular weight is 199 g/mol. The molecule has 0 aromatic heterocycles. The normalized spacial score (nSPS) is 21.9. The molecule has 0 bridgehead atoms. The van der Waals surface area contributed by atoms with Crippen molar-refractivity contribution in [1.29, 1.82) is 0 Å². The molecular formula is C11H21NO2. The molecule has 0 aromatic carbocycles. The highest BCUT2D eigenvalue weighted by atomic mass is 16.5. The Kier molecular flexibility index (Phi) is 3.93. The van der Waals surface area contributed by atoms with Gasteiger partial charge in [-0.1, -0.05) is 19.8 Å². The second-order valence-electron chi connectivity index (χ2n) is 4.48. The van der Waals surface area contributed by atoms with E-state index in [1.54, 1.807) is 0 Å². The molecule has 0 saturated heterocycles. The fraction of sp³-hybridized carbons (Fsp3) is 0.909. The third-order valence-electron chi connectivity index (χ3n) is 3.33. The molecule has 3 heteroatoms. The highest BCUT2D eigenvalue weighted by Gasteiger charge is 2.35. The SMILES string of the molecule is CCOC(=O)CC(N)C1(C)CCCC1. The van der Waals surface area contributed by atoms with E-state index < -0.39 is 0 Å². The summed E-state index contributed by atoms with van der Waals surface area (Å²) in [7, 11) is 0. The van der Waals surface area contributed by atoms with E-state index in [0.717, 1.165) is 12.8 Å². The zero-order valence-electron chi connectivity index (χ0n) is 9.21. The molecule has 2 N–H and O–H groups in total. The maximum Gasteiger partial charge on any atom is 0.307 e. The Hall–Kier alpha value is -0.570. The topological polar surface area (TPSA) is 52.3 Å². The van der Waals surface area contributed by atoms with Gasteiger partial charge in [0.25, 0.3) is 0 Å². The molecule has 0 radical (unpaired) electrons. The predicted molar refractivity (Wildman–Crippen MR) is 55.8 cm³/mol. The van der Waals surface area contributed by atoms with Gasteiger partial charge >= 0.3 is 5.97 Å². The number of carbonyl (C=O) groups excluding carboxylic acids is 1. The molecular weight excluding hydrogens is 178 g/mol. The summed E-state index contributed by atoms with van der Waals surface area (Å²) in [5.41, 5.74) is 6.20. The van der Waals surface area contributed by atoms with Crippen molar-refractivity contribution >= 4 is 5.97 Å². The van der Waals surface area contributed by atoms with Gasteiger partial charge in [-0.15, -0.1) is 0 Å². The van der Waals surface area contributed by atoms with Crippen LogP contribution in [0.15, 0.2) is 0 Å². The predicted octanol–water partition coefficient (Wildman–Crippen LogP) is 1.85. The Morgan fingerprint density at radius 1 is 1.50 bits per heavy atom. The molecule has 0 amide bonds. The van der Waals surface area contributed by atoms with Gasteiger partial charge in [-0.05, 0) is 25.2 Å². The van der Waals surface area contributed by atoms with Crippen LogP contribution < -0.4 is 5.73 Å². The van der Waals surface area contributed by atoms with Crippen molar-refractivity contribution in [2.75, 3.05) is 6.61 Å². The van der Waals surface area contributed by atoms with Crippen molar-refractivity contribution in [2.45, 2.75) is 52.0 Å². The molecule has 1 rings (SSSR count). The lowest BCUT2D eigenvalue weighted by Gasteiger charge is -2.30. The minimum absolute atomic E-state index is 0.0379. The van der Waals surface area contributed by atoms with Gasteiger partial charge in [0.15, 0.2) is 0 Å². The molecule has 1 saturated carbocycles. The Labute approximate surface area is 86.0 Å². The summed E-state index contributed by atoms with van der Waals surface area (Å²) in [6.07, 6.45) is 5.14. The summed E-state index contributed by atoms with van der Waals surface area (Å²) in [5, 5.41) is 0. The Bertz CT molecular complexity index is 197. The molecule has 0 aliphatic heterocycles. The lowest BCUT2D eigenvalue weighted by atomic mass is 9.80. The third kappa shape index (κ3) is 2.71. The lowest BCUT2D eigenvalue weighted by Crippen LogP contribution is -2.39. The van der Waals surface area contributed by atoms with E-state index in [1.165, 1.54) is 12.8 Å². The Morgan fingerprint density at radius 3 is 2.57 bits per heavy atom.